The Balaban J connectivity index is 0.000000220. The van der Waals surface area contributed by atoms with Crippen molar-refractivity contribution in [3.05, 3.63) is 71.8 Å². The smallest absolute Gasteiger partial charge is 0.145 e. The van der Waals surface area contributed by atoms with Crippen molar-refractivity contribution in [2.45, 2.75) is 66.7 Å². The Hall–Kier alpha value is -3.01. The second kappa shape index (κ2) is 9.64. The van der Waals surface area contributed by atoms with Crippen LogP contribution < -0.4 is 4.74 Å². The highest BCUT2D eigenvalue weighted by Crippen LogP contribution is 2.33. The topological polar surface area (TPSA) is 47.9 Å². The third-order valence-electron chi connectivity index (χ3n) is 5.23. The summed E-state index contributed by atoms with van der Waals surface area (Å²) < 4.78 is 5.33. The highest BCUT2D eigenvalue weighted by Gasteiger charge is 2.19. The summed E-state index contributed by atoms with van der Waals surface area (Å²) in [6, 6.07) is 14.3. The first-order chi connectivity index (χ1) is 14.5. The fourth-order valence-electron chi connectivity index (χ4n) is 3.72. The van der Waals surface area contributed by atoms with Crippen LogP contribution in [0.3, 0.4) is 0 Å². The second-order valence-corrected chi connectivity index (χ2v) is 9.89. The van der Waals surface area contributed by atoms with Crippen LogP contribution in [-0.4, -0.2) is 22.1 Å². The summed E-state index contributed by atoms with van der Waals surface area (Å²) in [5.74, 6) is 0.837. The number of rotatable bonds is 1. The SMILES string of the molecule is C.COc1ccc(C(C)(C)C)c2cccnc12.Cc1ccc2c(C(C)(C)C)nccc2n1. The van der Waals surface area contributed by atoms with Crippen molar-refractivity contribution in [1.82, 2.24) is 15.0 Å². The minimum atomic E-state index is 0. The Morgan fingerprint density at radius 2 is 1.47 bits per heavy atom. The van der Waals surface area contributed by atoms with Crippen LogP contribution in [0.5, 0.6) is 5.75 Å². The van der Waals surface area contributed by atoms with Gasteiger partial charge in [0.2, 0.25) is 0 Å². The zero-order chi connectivity index (χ0) is 22.8. The van der Waals surface area contributed by atoms with Crippen LogP contribution in [0.4, 0.5) is 0 Å². The van der Waals surface area contributed by atoms with E-state index in [0.717, 1.165) is 33.6 Å². The Bertz CT molecular complexity index is 1200. The average Bonchev–Trinajstić information content (AvgIpc) is 2.71. The monoisotopic (exact) mass is 431 g/mol. The van der Waals surface area contributed by atoms with Crippen molar-refractivity contribution in [2.24, 2.45) is 0 Å². The van der Waals surface area contributed by atoms with Gasteiger partial charge in [-0.2, -0.15) is 0 Å². The van der Waals surface area contributed by atoms with Gasteiger partial charge in [-0.15, -0.1) is 0 Å². The Labute approximate surface area is 193 Å². The first kappa shape index (κ1) is 25.3. The van der Waals surface area contributed by atoms with Crippen LogP contribution in [-0.2, 0) is 10.8 Å². The van der Waals surface area contributed by atoms with Gasteiger partial charge in [-0.1, -0.05) is 61.1 Å². The van der Waals surface area contributed by atoms with Crippen LogP contribution in [0.15, 0.2) is 54.9 Å². The molecule has 0 aliphatic carbocycles. The number of aryl methyl sites for hydroxylation is 1. The summed E-state index contributed by atoms with van der Waals surface area (Å²) in [6.45, 7) is 15.2. The number of hydrogen-bond acceptors (Lipinski definition) is 4. The average molecular weight is 432 g/mol. The first-order valence-corrected chi connectivity index (χ1v) is 10.7. The van der Waals surface area contributed by atoms with Gasteiger partial charge in [0.25, 0.3) is 0 Å². The normalized spacial score (nSPS) is 11.5. The van der Waals surface area contributed by atoms with E-state index >= 15 is 0 Å². The number of methoxy groups -OCH3 is 1. The van der Waals surface area contributed by atoms with Gasteiger partial charge in [-0.3, -0.25) is 15.0 Å². The van der Waals surface area contributed by atoms with Gasteiger partial charge < -0.3 is 4.74 Å². The molecule has 0 saturated carbocycles. The quantitative estimate of drug-likeness (QED) is 0.315. The molecule has 4 nitrogen and oxygen atoms in total. The second-order valence-electron chi connectivity index (χ2n) is 9.89. The van der Waals surface area contributed by atoms with Crippen molar-refractivity contribution in [3.8, 4) is 5.75 Å². The van der Waals surface area contributed by atoms with E-state index in [1.165, 1.54) is 10.9 Å². The molecule has 4 heteroatoms. The van der Waals surface area contributed by atoms with Crippen LogP contribution in [0, 0.1) is 6.92 Å². The lowest BCUT2D eigenvalue weighted by Crippen LogP contribution is -2.14. The van der Waals surface area contributed by atoms with Gasteiger partial charge >= 0.3 is 0 Å². The van der Waals surface area contributed by atoms with Crippen LogP contribution in [0.25, 0.3) is 21.8 Å². The molecule has 0 radical (unpaired) electrons. The number of hydrogen-bond donors (Lipinski definition) is 0. The maximum atomic E-state index is 5.33. The maximum Gasteiger partial charge on any atom is 0.145 e. The number of fused-ring (bicyclic) bond motifs is 2. The van der Waals surface area contributed by atoms with Gasteiger partial charge in [-0.05, 0) is 48.2 Å². The molecule has 4 aromatic rings. The van der Waals surface area contributed by atoms with Gasteiger partial charge in [0, 0.05) is 34.3 Å². The number of nitrogens with zero attached hydrogens (tertiary/aromatic N) is 3. The minimum Gasteiger partial charge on any atom is -0.494 e. The highest BCUT2D eigenvalue weighted by atomic mass is 16.5. The van der Waals surface area contributed by atoms with E-state index in [1.807, 2.05) is 37.4 Å². The van der Waals surface area contributed by atoms with Gasteiger partial charge in [0.1, 0.15) is 11.3 Å². The third kappa shape index (κ3) is 5.42. The Morgan fingerprint density at radius 3 is 2.09 bits per heavy atom. The molecule has 32 heavy (non-hydrogen) atoms. The summed E-state index contributed by atoms with van der Waals surface area (Å²) in [7, 11) is 1.68. The largest absolute Gasteiger partial charge is 0.494 e. The molecule has 0 aliphatic heterocycles. The van der Waals surface area contributed by atoms with E-state index in [2.05, 4.69) is 74.7 Å². The van der Waals surface area contributed by atoms with Gasteiger partial charge in [0.15, 0.2) is 0 Å². The molecule has 0 aliphatic rings. The molecule has 3 aromatic heterocycles. The third-order valence-corrected chi connectivity index (χ3v) is 5.23. The van der Waals surface area contributed by atoms with Crippen LogP contribution >= 0.6 is 0 Å². The van der Waals surface area contributed by atoms with E-state index in [9.17, 15) is 0 Å². The lowest BCUT2D eigenvalue weighted by molar-refractivity contribution is 0.418. The van der Waals surface area contributed by atoms with Crippen LogP contribution in [0.1, 0.15) is 65.9 Å². The highest BCUT2D eigenvalue weighted by molar-refractivity contribution is 5.88. The van der Waals surface area contributed by atoms with Crippen molar-refractivity contribution in [2.75, 3.05) is 7.11 Å². The molecule has 4 rings (SSSR count). The van der Waals surface area contributed by atoms with E-state index in [-0.39, 0.29) is 18.3 Å². The van der Waals surface area contributed by atoms with E-state index < -0.39 is 0 Å². The molecule has 3 heterocycles. The molecule has 0 spiro atoms. The van der Waals surface area contributed by atoms with Crippen molar-refractivity contribution in [1.29, 1.82) is 0 Å². The van der Waals surface area contributed by atoms with Crippen LogP contribution in [0.2, 0.25) is 0 Å². The van der Waals surface area contributed by atoms with E-state index in [0.29, 0.717) is 0 Å². The molecule has 0 fully saturated rings. The number of ether oxygens (including phenoxy) is 1. The summed E-state index contributed by atoms with van der Waals surface area (Å²) >= 11 is 0. The predicted molar refractivity (Wildman–Crippen MR) is 137 cm³/mol. The maximum absolute atomic E-state index is 5.33. The summed E-state index contributed by atoms with van der Waals surface area (Å²) in [5.41, 5.74) is 5.63. The molecular weight excluding hydrogens is 394 g/mol. The molecule has 0 amide bonds. The Morgan fingerprint density at radius 1 is 0.750 bits per heavy atom. The van der Waals surface area contributed by atoms with Gasteiger partial charge in [-0.25, -0.2) is 0 Å². The van der Waals surface area contributed by atoms with E-state index in [1.54, 1.807) is 13.3 Å². The van der Waals surface area contributed by atoms with Crippen molar-refractivity contribution < 1.29 is 4.74 Å². The lowest BCUT2D eigenvalue weighted by atomic mass is 9.84. The predicted octanol–water partition coefficient (Wildman–Crippen LogP) is 7.41. The Kier molecular flexibility index (Phi) is 7.61. The fourth-order valence-corrected chi connectivity index (χ4v) is 3.72. The zero-order valence-corrected chi connectivity index (χ0v) is 19.9. The minimum absolute atomic E-state index is 0. The molecule has 0 atom stereocenters. The first-order valence-electron chi connectivity index (χ1n) is 10.7. The van der Waals surface area contributed by atoms with E-state index in [4.69, 9.17) is 4.74 Å². The van der Waals surface area contributed by atoms with Gasteiger partial charge in [0.05, 0.1) is 18.3 Å². The molecular formula is C28H37N3O. The number of aromatic nitrogens is 3. The van der Waals surface area contributed by atoms with Crippen molar-refractivity contribution in [3.63, 3.8) is 0 Å². The number of benzene rings is 1. The summed E-state index contributed by atoms with van der Waals surface area (Å²) in [4.78, 5) is 13.4. The fraction of sp³-hybridized carbons (Fsp3) is 0.393. The molecule has 0 saturated heterocycles. The van der Waals surface area contributed by atoms with Crippen molar-refractivity contribution >= 4 is 21.8 Å². The standard InChI is InChI=1S/C14H17NO.C13H16N2.CH4/c1-14(2,3)11-7-8-12(16-4)13-10(11)6-5-9-15-13;1-9-5-6-10-11(15-9)7-8-14-12(10)13(2,3)4;/h5-9H,1-4H3;5-8H,1-4H3;1H4. The zero-order valence-electron chi connectivity index (χ0n) is 19.9. The summed E-state index contributed by atoms with van der Waals surface area (Å²) in [5, 5.41) is 2.34. The molecule has 170 valence electrons. The molecule has 0 N–H and O–H groups in total. The molecule has 0 bridgehead atoms. The molecule has 0 unspecified atom stereocenters. The lowest BCUT2D eigenvalue weighted by Gasteiger charge is -2.21. The number of pyridine rings is 3. The summed E-state index contributed by atoms with van der Waals surface area (Å²) in [6.07, 6.45) is 3.65. The molecule has 1 aromatic carbocycles.